The van der Waals surface area contributed by atoms with E-state index in [1.54, 1.807) is 0 Å². The highest BCUT2D eigenvalue weighted by molar-refractivity contribution is 6.13. The van der Waals surface area contributed by atoms with E-state index in [2.05, 4.69) is 0 Å². The summed E-state index contributed by atoms with van der Waals surface area (Å²) < 4.78 is 0. The molecule has 74 valence electrons. The van der Waals surface area contributed by atoms with Gasteiger partial charge in [0.1, 0.15) is 0 Å². The van der Waals surface area contributed by atoms with Gasteiger partial charge in [0.2, 0.25) is 0 Å². The van der Waals surface area contributed by atoms with Crippen molar-refractivity contribution in [2.45, 2.75) is 12.5 Å². The van der Waals surface area contributed by atoms with Crippen LogP contribution in [0.25, 0.3) is 0 Å². The van der Waals surface area contributed by atoms with Crippen molar-refractivity contribution in [1.29, 1.82) is 0 Å². The zero-order valence-corrected chi connectivity index (χ0v) is 8.01. The Hall–Kier alpha value is -1.90. The van der Waals surface area contributed by atoms with Crippen LogP contribution >= 0.6 is 0 Å². The number of carbonyl (C=O) groups is 2. The number of nitrogens with zero attached hydrogens (tertiary/aromatic N) is 1. The van der Waals surface area contributed by atoms with E-state index in [4.69, 9.17) is 0 Å². The average Bonchev–Trinajstić information content (AvgIpc) is 2.51. The Morgan fingerprint density at radius 1 is 1.07 bits per heavy atom. The van der Waals surface area contributed by atoms with E-state index >= 15 is 0 Å². The summed E-state index contributed by atoms with van der Waals surface area (Å²) in [7, 11) is 0. The lowest BCUT2D eigenvalue weighted by atomic mass is 9.82. The summed E-state index contributed by atoms with van der Waals surface area (Å²) in [5.74, 6) is -0.390. The third-order valence-corrected chi connectivity index (χ3v) is 2.98. The normalized spacial score (nSPS) is 22.9. The van der Waals surface area contributed by atoms with Crippen LogP contribution in [0.2, 0.25) is 0 Å². The SMILES string of the molecule is O=C1C=CC(=O)N1C1Cc2ccccc21. The molecule has 0 N–H and O–H groups in total. The van der Waals surface area contributed by atoms with E-state index in [1.807, 2.05) is 24.3 Å². The largest absolute Gasteiger partial charge is 0.269 e. The highest BCUT2D eigenvalue weighted by Gasteiger charge is 2.38. The smallest absolute Gasteiger partial charge is 0.254 e. The van der Waals surface area contributed by atoms with Crippen molar-refractivity contribution in [1.82, 2.24) is 4.90 Å². The van der Waals surface area contributed by atoms with Gasteiger partial charge in [0.25, 0.3) is 11.8 Å². The molecule has 0 saturated carbocycles. The fourth-order valence-corrected chi connectivity index (χ4v) is 2.18. The first kappa shape index (κ1) is 8.41. The van der Waals surface area contributed by atoms with Crippen LogP contribution in [-0.2, 0) is 16.0 Å². The highest BCUT2D eigenvalue weighted by atomic mass is 16.2. The van der Waals surface area contributed by atoms with E-state index in [0.29, 0.717) is 0 Å². The molecule has 0 spiro atoms. The predicted molar refractivity (Wildman–Crippen MR) is 53.9 cm³/mol. The molecule has 0 aromatic heterocycles. The Balaban J connectivity index is 1.94. The predicted octanol–water partition coefficient (Wildman–Crippen LogP) is 1.21. The molecular formula is C12H9NO2. The number of hydrogen-bond acceptors (Lipinski definition) is 2. The van der Waals surface area contributed by atoms with E-state index in [9.17, 15) is 9.59 Å². The Kier molecular flexibility index (Phi) is 1.57. The summed E-state index contributed by atoms with van der Waals surface area (Å²) in [6.07, 6.45) is 3.46. The standard InChI is InChI=1S/C12H9NO2/c14-11-5-6-12(15)13(11)10-7-8-3-1-2-4-9(8)10/h1-6,10H,7H2. The molecule has 0 bridgehead atoms. The fraction of sp³-hybridized carbons (Fsp3) is 0.167. The molecule has 3 nitrogen and oxygen atoms in total. The van der Waals surface area contributed by atoms with Crippen molar-refractivity contribution in [3.63, 3.8) is 0 Å². The maximum atomic E-state index is 11.4. The molecule has 3 heteroatoms. The molecule has 1 aromatic carbocycles. The topological polar surface area (TPSA) is 37.4 Å². The van der Waals surface area contributed by atoms with Gasteiger partial charge in [-0.15, -0.1) is 0 Å². The molecule has 1 atom stereocenters. The van der Waals surface area contributed by atoms with E-state index in [1.165, 1.54) is 22.6 Å². The number of rotatable bonds is 1. The molecule has 1 aliphatic carbocycles. The highest BCUT2D eigenvalue weighted by Crippen LogP contribution is 2.38. The third-order valence-electron chi connectivity index (χ3n) is 2.98. The Labute approximate surface area is 87.0 Å². The van der Waals surface area contributed by atoms with Crippen molar-refractivity contribution < 1.29 is 9.59 Å². The Bertz CT molecular complexity index is 472. The molecule has 0 radical (unpaired) electrons. The van der Waals surface area contributed by atoms with Gasteiger partial charge in [0, 0.05) is 12.2 Å². The molecule has 2 amide bonds. The molecule has 1 aromatic rings. The summed E-state index contributed by atoms with van der Waals surface area (Å²) in [5.41, 5.74) is 2.33. The Morgan fingerprint density at radius 3 is 2.40 bits per heavy atom. The summed E-state index contributed by atoms with van der Waals surface area (Å²) in [6.45, 7) is 0. The second-order valence-electron chi connectivity index (χ2n) is 3.80. The van der Waals surface area contributed by atoms with Crippen molar-refractivity contribution in [2.24, 2.45) is 0 Å². The van der Waals surface area contributed by atoms with Crippen molar-refractivity contribution >= 4 is 11.8 Å². The van der Waals surface area contributed by atoms with Crippen molar-refractivity contribution in [3.05, 3.63) is 47.5 Å². The molecule has 1 heterocycles. The van der Waals surface area contributed by atoms with E-state index < -0.39 is 0 Å². The number of fused-ring (bicyclic) bond motifs is 1. The van der Waals surface area contributed by atoms with Gasteiger partial charge in [-0.2, -0.15) is 0 Å². The van der Waals surface area contributed by atoms with E-state index in [-0.39, 0.29) is 17.9 Å². The number of imide groups is 1. The minimum absolute atomic E-state index is 0.0452. The van der Waals surface area contributed by atoms with Gasteiger partial charge in [-0.1, -0.05) is 24.3 Å². The first-order valence-electron chi connectivity index (χ1n) is 4.90. The fourth-order valence-electron chi connectivity index (χ4n) is 2.18. The van der Waals surface area contributed by atoms with E-state index in [0.717, 1.165) is 12.0 Å². The molecule has 1 unspecified atom stereocenters. The lowest BCUT2D eigenvalue weighted by molar-refractivity contribution is -0.140. The van der Waals surface area contributed by atoms with Gasteiger partial charge in [0.05, 0.1) is 6.04 Å². The van der Waals surface area contributed by atoms with Gasteiger partial charge in [-0.25, -0.2) is 0 Å². The number of hydrogen-bond donors (Lipinski definition) is 0. The zero-order chi connectivity index (χ0) is 10.4. The lowest BCUT2D eigenvalue weighted by Gasteiger charge is -2.35. The van der Waals surface area contributed by atoms with Crippen molar-refractivity contribution in [2.75, 3.05) is 0 Å². The maximum Gasteiger partial charge on any atom is 0.254 e. The van der Waals surface area contributed by atoms with Crippen LogP contribution in [0.5, 0.6) is 0 Å². The van der Waals surface area contributed by atoms with Crippen LogP contribution < -0.4 is 0 Å². The molecule has 15 heavy (non-hydrogen) atoms. The van der Waals surface area contributed by atoms with Crippen LogP contribution in [0.4, 0.5) is 0 Å². The summed E-state index contributed by atoms with van der Waals surface area (Å²) in [6, 6.07) is 7.87. The summed E-state index contributed by atoms with van der Waals surface area (Å²) in [4.78, 5) is 24.2. The van der Waals surface area contributed by atoms with Crippen LogP contribution in [0, 0.1) is 0 Å². The van der Waals surface area contributed by atoms with Crippen LogP contribution in [-0.4, -0.2) is 16.7 Å². The minimum atomic E-state index is -0.195. The number of carbonyl (C=O) groups excluding carboxylic acids is 2. The number of benzene rings is 1. The second kappa shape index (κ2) is 2.79. The minimum Gasteiger partial charge on any atom is -0.269 e. The molecule has 0 saturated heterocycles. The number of amides is 2. The quantitative estimate of drug-likeness (QED) is 0.637. The molecule has 0 fully saturated rings. The summed E-state index contributed by atoms with van der Waals surface area (Å²) >= 11 is 0. The van der Waals surface area contributed by atoms with Crippen LogP contribution in [0.3, 0.4) is 0 Å². The molecule has 2 aliphatic rings. The maximum absolute atomic E-state index is 11.4. The van der Waals surface area contributed by atoms with Crippen molar-refractivity contribution in [3.8, 4) is 0 Å². The average molecular weight is 199 g/mol. The van der Waals surface area contributed by atoms with Crippen LogP contribution in [0.1, 0.15) is 17.2 Å². The first-order valence-corrected chi connectivity index (χ1v) is 4.90. The second-order valence-corrected chi connectivity index (χ2v) is 3.80. The first-order chi connectivity index (χ1) is 7.27. The third kappa shape index (κ3) is 1.06. The monoisotopic (exact) mass is 199 g/mol. The van der Waals surface area contributed by atoms with Crippen LogP contribution in [0.15, 0.2) is 36.4 Å². The Morgan fingerprint density at radius 2 is 1.73 bits per heavy atom. The van der Waals surface area contributed by atoms with Gasteiger partial charge in [-0.3, -0.25) is 14.5 Å². The molecular weight excluding hydrogens is 190 g/mol. The van der Waals surface area contributed by atoms with Gasteiger partial charge < -0.3 is 0 Å². The molecule has 3 rings (SSSR count). The lowest BCUT2D eigenvalue weighted by Crippen LogP contribution is -2.40. The van der Waals surface area contributed by atoms with Gasteiger partial charge >= 0.3 is 0 Å². The van der Waals surface area contributed by atoms with Gasteiger partial charge in [0.15, 0.2) is 0 Å². The summed E-state index contributed by atoms with van der Waals surface area (Å²) in [5, 5.41) is 0. The zero-order valence-electron chi connectivity index (χ0n) is 8.01. The van der Waals surface area contributed by atoms with Gasteiger partial charge in [-0.05, 0) is 17.5 Å². The molecule has 1 aliphatic heterocycles.